The van der Waals surface area contributed by atoms with Crippen LogP contribution in [0.3, 0.4) is 0 Å². The van der Waals surface area contributed by atoms with Crippen LogP contribution in [0.2, 0.25) is 0 Å². The first-order valence-electron chi connectivity index (χ1n) is 7.78. The van der Waals surface area contributed by atoms with Gasteiger partial charge in [-0.2, -0.15) is 0 Å². The van der Waals surface area contributed by atoms with E-state index in [1.165, 1.54) is 12.8 Å². The second-order valence-corrected chi connectivity index (χ2v) is 6.34. The molecule has 1 aliphatic rings. The zero-order valence-corrected chi connectivity index (χ0v) is 13.1. The fourth-order valence-corrected chi connectivity index (χ4v) is 3.16. The molecule has 1 amide bonds. The van der Waals surface area contributed by atoms with Crippen molar-refractivity contribution in [1.29, 1.82) is 0 Å². The summed E-state index contributed by atoms with van der Waals surface area (Å²) in [6.07, 6.45) is 5.36. The number of hydrogen-bond donors (Lipinski definition) is 2. The van der Waals surface area contributed by atoms with Gasteiger partial charge in [0, 0.05) is 12.1 Å². The summed E-state index contributed by atoms with van der Waals surface area (Å²) in [6, 6.07) is 9.44. The van der Waals surface area contributed by atoms with Crippen molar-refractivity contribution < 1.29 is 4.79 Å². The maximum Gasteiger partial charge on any atom is 0.237 e. The molecule has 0 spiro atoms. The topological polar surface area (TPSA) is 58.4 Å². The molecule has 3 N–H and O–H groups in total. The Kier molecular flexibility index (Phi) is 5.37. The highest BCUT2D eigenvalue weighted by Crippen LogP contribution is 2.33. The van der Waals surface area contributed by atoms with Gasteiger partial charge in [-0.25, -0.2) is 0 Å². The number of benzene rings is 1. The van der Waals surface area contributed by atoms with Crippen molar-refractivity contribution in [2.45, 2.75) is 43.7 Å². The molecule has 0 saturated heterocycles. The van der Waals surface area contributed by atoms with E-state index in [0.717, 1.165) is 18.4 Å². The van der Waals surface area contributed by atoms with E-state index in [1.54, 1.807) is 0 Å². The lowest BCUT2D eigenvalue weighted by Crippen LogP contribution is -2.53. The fraction of sp³-hybridized carbons (Fsp3) is 0.588. The van der Waals surface area contributed by atoms with Gasteiger partial charge in [0.05, 0.1) is 6.04 Å². The SMILES string of the molecule is CN(C)C1(CNC(=O)[C@@H](N)Cc2ccccc2)CCCC1. The molecule has 116 valence electrons. The predicted octanol–water partition coefficient (Wildman–Crippen LogP) is 1.55. The molecule has 0 aliphatic heterocycles. The molecular weight excluding hydrogens is 262 g/mol. The van der Waals surface area contributed by atoms with Crippen molar-refractivity contribution in [3.05, 3.63) is 35.9 Å². The number of hydrogen-bond acceptors (Lipinski definition) is 3. The van der Waals surface area contributed by atoms with Gasteiger partial charge in [-0.05, 0) is 38.9 Å². The first kappa shape index (κ1) is 16.0. The number of nitrogens with one attached hydrogen (secondary N) is 1. The van der Waals surface area contributed by atoms with E-state index in [2.05, 4.69) is 24.3 Å². The van der Waals surface area contributed by atoms with E-state index in [-0.39, 0.29) is 11.4 Å². The third-order valence-corrected chi connectivity index (χ3v) is 4.71. The van der Waals surface area contributed by atoms with Crippen molar-refractivity contribution in [1.82, 2.24) is 10.2 Å². The quantitative estimate of drug-likeness (QED) is 0.835. The van der Waals surface area contributed by atoms with Gasteiger partial charge < -0.3 is 16.0 Å². The normalized spacial score (nSPS) is 18.7. The van der Waals surface area contributed by atoms with Gasteiger partial charge in [-0.15, -0.1) is 0 Å². The van der Waals surface area contributed by atoms with Gasteiger partial charge in [0.1, 0.15) is 0 Å². The van der Waals surface area contributed by atoms with Gasteiger partial charge in [0.2, 0.25) is 5.91 Å². The van der Waals surface area contributed by atoms with Gasteiger partial charge in [0.15, 0.2) is 0 Å². The fourth-order valence-electron chi connectivity index (χ4n) is 3.16. The van der Waals surface area contributed by atoms with Gasteiger partial charge in [-0.1, -0.05) is 43.2 Å². The lowest BCUT2D eigenvalue weighted by atomic mass is 9.95. The van der Waals surface area contributed by atoms with Crippen LogP contribution in [0.15, 0.2) is 30.3 Å². The Labute approximate surface area is 127 Å². The van der Waals surface area contributed by atoms with Crippen LogP contribution in [0.4, 0.5) is 0 Å². The Morgan fingerprint density at radius 1 is 1.29 bits per heavy atom. The number of carbonyl (C=O) groups is 1. The molecule has 2 rings (SSSR count). The average Bonchev–Trinajstić information content (AvgIpc) is 2.96. The van der Waals surface area contributed by atoms with Crippen LogP contribution in [-0.2, 0) is 11.2 Å². The first-order chi connectivity index (χ1) is 10.0. The molecule has 1 fully saturated rings. The number of rotatable bonds is 6. The number of likely N-dealkylation sites (N-methyl/N-ethyl adjacent to an activating group) is 1. The van der Waals surface area contributed by atoms with Crippen LogP contribution in [0.1, 0.15) is 31.2 Å². The van der Waals surface area contributed by atoms with Crippen LogP contribution in [-0.4, -0.2) is 43.0 Å². The molecule has 4 heteroatoms. The van der Waals surface area contributed by atoms with Crippen LogP contribution in [0.5, 0.6) is 0 Å². The molecule has 1 saturated carbocycles. The molecule has 0 unspecified atom stereocenters. The van der Waals surface area contributed by atoms with E-state index in [4.69, 9.17) is 5.73 Å². The highest BCUT2D eigenvalue weighted by Gasteiger charge is 2.36. The third kappa shape index (κ3) is 4.05. The summed E-state index contributed by atoms with van der Waals surface area (Å²) < 4.78 is 0. The predicted molar refractivity (Wildman–Crippen MR) is 86.0 cm³/mol. The molecular formula is C17H27N3O. The summed E-state index contributed by atoms with van der Waals surface area (Å²) >= 11 is 0. The molecule has 1 aromatic carbocycles. The summed E-state index contributed by atoms with van der Waals surface area (Å²) in [6.45, 7) is 0.696. The van der Waals surface area contributed by atoms with Crippen molar-refractivity contribution >= 4 is 5.91 Å². The summed E-state index contributed by atoms with van der Waals surface area (Å²) in [5.41, 5.74) is 7.24. The Bertz CT molecular complexity index is 452. The Morgan fingerprint density at radius 3 is 2.48 bits per heavy atom. The highest BCUT2D eigenvalue weighted by atomic mass is 16.2. The van der Waals surface area contributed by atoms with Crippen molar-refractivity contribution in [3.63, 3.8) is 0 Å². The summed E-state index contributed by atoms with van der Waals surface area (Å²) in [5.74, 6) is -0.0491. The van der Waals surface area contributed by atoms with Crippen molar-refractivity contribution in [2.75, 3.05) is 20.6 Å². The highest BCUT2D eigenvalue weighted by molar-refractivity contribution is 5.81. The van der Waals surface area contributed by atoms with Gasteiger partial charge in [-0.3, -0.25) is 4.79 Å². The number of nitrogens with two attached hydrogens (primary N) is 1. The maximum atomic E-state index is 12.2. The molecule has 0 heterocycles. The van der Waals surface area contributed by atoms with Crippen molar-refractivity contribution in [3.8, 4) is 0 Å². The minimum atomic E-state index is -0.479. The molecule has 21 heavy (non-hydrogen) atoms. The first-order valence-corrected chi connectivity index (χ1v) is 7.78. The largest absolute Gasteiger partial charge is 0.353 e. The second kappa shape index (κ2) is 7.05. The van der Waals surface area contributed by atoms with E-state index in [1.807, 2.05) is 30.3 Å². The van der Waals surface area contributed by atoms with E-state index in [0.29, 0.717) is 13.0 Å². The van der Waals surface area contributed by atoms with Crippen molar-refractivity contribution in [2.24, 2.45) is 5.73 Å². The Balaban J connectivity index is 1.86. The van der Waals surface area contributed by atoms with Crippen LogP contribution < -0.4 is 11.1 Å². The molecule has 0 radical (unpaired) electrons. The summed E-state index contributed by atoms with van der Waals surface area (Å²) in [7, 11) is 4.20. The molecule has 0 bridgehead atoms. The maximum absolute atomic E-state index is 12.2. The zero-order chi connectivity index (χ0) is 15.3. The summed E-state index contributed by atoms with van der Waals surface area (Å²) in [4.78, 5) is 14.5. The molecule has 4 nitrogen and oxygen atoms in total. The Hall–Kier alpha value is -1.39. The number of nitrogens with zero attached hydrogens (tertiary/aromatic N) is 1. The monoisotopic (exact) mass is 289 g/mol. The van der Waals surface area contributed by atoms with Gasteiger partial charge >= 0.3 is 0 Å². The minimum absolute atomic E-state index is 0.0491. The zero-order valence-electron chi connectivity index (χ0n) is 13.1. The smallest absolute Gasteiger partial charge is 0.237 e. The van der Waals surface area contributed by atoms with Crippen LogP contribution >= 0.6 is 0 Å². The lowest BCUT2D eigenvalue weighted by Gasteiger charge is -2.36. The Morgan fingerprint density at radius 2 is 1.90 bits per heavy atom. The van der Waals surface area contributed by atoms with Gasteiger partial charge in [0.25, 0.3) is 0 Å². The lowest BCUT2D eigenvalue weighted by molar-refractivity contribution is -0.122. The van der Waals surface area contributed by atoms with Crippen LogP contribution in [0.25, 0.3) is 0 Å². The molecule has 1 aromatic rings. The standard InChI is InChI=1S/C17H27N3O/c1-20(2)17(10-6-7-11-17)13-19-16(21)15(18)12-14-8-4-3-5-9-14/h3-5,8-9,15H,6-7,10-13,18H2,1-2H3,(H,19,21)/t15-/m0/s1. The molecule has 1 atom stereocenters. The minimum Gasteiger partial charge on any atom is -0.353 e. The van der Waals surface area contributed by atoms with E-state index in [9.17, 15) is 4.79 Å². The third-order valence-electron chi connectivity index (χ3n) is 4.71. The van der Waals surface area contributed by atoms with E-state index >= 15 is 0 Å². The summed E-state index contributed by atoms with van der Waals surface area (Å²) in [5, 5.41) is 3.06. The second-order valence-electron chi connectivity index (χ2n) is 6.34. The van der Waals surface area contributed by atoms with Crippen LogP contribution in [0, 0.1) is 0 Å². The number of carbonyl (C=O) groups excluding carboxylic acids is 1. The number of amides is 1. The van der Waals surface area contributed by atoms with E-state index < -0.39 is 6.04 Å². The average molecular weight is 289 g/mol. The molecule has 1 aliphatic carbocycles. The molecule has 0 aromatic heterocycles.